The summed E-state index contributed by atoms with van der Waals surface area (Å²) >= 11 is 0. The van der Waals surface area contributed by atoms with E-state index in [0.717, 1.165) is 5.56 Å². The van der Waals surface area contributed by atoms with Gasteiger partial charge in [0.1, 0.15) is 11.8 Å². The maximum Gasteiger partial charge on any atom is 0.258 e. The molecule has 0 saturated carbocycles. The van der Waals surface area contributed by atoms with Crippen LogP contribution in [0.4, 0.5) is 0 Å². The summed E-state index contributed by atoms with van der Waals surface area (Å²) in [4.78, 5) is 11.6. The average molecular weight is 256 g/mol. The van der Waals surface area contributed by atoms with Crippen molar-refractivity contribution in [2.24, 2.45) is 0 Å². The van der Waals surface area contributed by atoms with E-state index in [4.69, 9.17) is 10.00 Å². The van der Waals surface area contributed by atoms with Gasteiger partial charge in [-0.1, -0.05) is 12.1 Å². The smallest absolute Gasteiger partial charge is 0.258 e. The number of carbonyl (C=O) groups excluding carboxylic acids is 1. The summed E-state index contributed by atoms with van der Waals surface area (Å²) in [7, 11) is 0. The summed E-state index contributed by atoms with van der Waals surface area (Å²) in [5.74, 6) is 0.150. The van der Waals surface area contributed by atoms with Gasteiger partial charge in [0, 0.05) is 18.3 Å². The second kappa shape index (κ2) is 6.21. The fraction of sp³-hybridized carbons (Fsp3) is 0.154. The molecule has 2 aromatic rings. The fourth-order valence-electron chi connectivity index (χ4n) is 1.45. The van der Waals surface area contributed by atoms with Crippen LogP contribution in [0.3, 0.4) is 0 Å². The number of aromatic nitrogens is 2. The molecule has 19 heavy (non-hydrogen) atoms. The summed E-state index contributed by atoms with van der Waals surface area (Å²) in [6.45, 7) is 0.259. The van der Waals surface area contributed by atoms with Gasteiger partial charge >= 0.3 is 0 Å². The molecule has 0 aliphatic rings. The number of hydrogen-bond donors (Lipinski definition) is 2. The Balaban J connectivity index is 1.82. The number of ether oxygens (including phenoxy) is 1. The van der Waals surface area contributed by atoms with E-state index in [2.05, 4.69) is 15.5 Å². The average Bonchev–Trinajstić information content (AvgIpc) is 2.96. The third-order valence-electron chi connectivity index (χ3n) is 2.41. The Morgan fingerprint density at radius 3 is 3.05 bits per heavy atom. The van der Waals surface area contributed by atoms with Crippen LogP contribution in [0.5, 0.6) is 5.75 Å². The Morgan fingerprint density at radius 1 is 1.47 bits per heavy atom. The van der Waals surface area contributed by atoms with Gasteiger partial charge < -0.3 is 10.1 Å². The standard InChI is InChI=1S/C13H12N4O2/c14-5-11-3-1-2-4-12(11)19-9-13(18)15-6-10-7-16-17-8-10/h1-4,7-8H,6,9H2,(H,15,18)(H,16,17). The molecule has 0 aliphatic carbocycles. The van der Waals surface area contributed by atoms with Crippen LogP contribution in [-0.2, 0) is 11.3 Å². The molecule has 0 fully saturated rings. The van der Waals surface area contributed by atoms with Gasteiger partial charge in [-0.15, -0.1) is 0 Å². The van der Waals surface area contributed by atoms with Gasteiger partial charge in [0.15, 0.2) is 6.61 Å². The van der Waals surface area contributed by atoms with Crippen LogP contribution in [0.1, 0.15) is 11.1 Å². The molecule has 0 bridgehead atoms. The zero-order valence-electron chi connectivity index (χ0n) is 10.1. The molecule has 2 N–H and O–H groups in total. The van der Waals surface area contributed by atoms with Crippen LogP contribution in [0.2, 0.25) is 0 Å². The molecule has 1 aromatic carbocycles. The first-order valence-electron chi connectivity index (χ1n) is 5.66. The van der Waals surface area contributed by atoms with Crippen molar-refractivity contribution in [2.45, 2.75) is 6.54 Å². The van der Waals surface area contributed by atoms with E-state index >= 15 is 0 Å². The van der Waals surface area contributed by atoms with Crippen molar-refractivity contribution in [3.63, 3.8) is 0 Å². The Bertz CT molecular complexity index is 587. The summed E-state index contributed by atoms with van der Waals surface area (Å²) < 4.78 is 5.30. The van der Waals surface area contributed by atoms with E-state index in [1.165, 1.54) is 0 Å². The monoisotopic (exact) mass is 256 g/mol. The second-order valence-electron chi connectivity index (χ2n) is 3.78. The molecule has 1 aromatic heterocycles. The molecule has 0 spiro atoms. The fourth-order valence-corrected chi connectivity index (χ4v) is 1.45. The van der Waals surface area contributed by atoms with Crippen molar-refractivity contribution < 1.29 is 9.53 Å². The highest BCUT2D eigenvalue weighted by molar-refractivity contribution is 5.77. The number of hydrogen-bond acceptors (Lipinski definition) is 4. The Kier molecular flexibility index (Phi) is 4.13. The van der Waals surface area contributed by atoms with E-state index < -0.39 is 0 Å². The summed E-state index contributed by atoms with van der Waals surface area (Å²) in [6, 6.07) is 8.79. The molecule has 0 saturated heterocycles. The van der Waals surface area contributed by atoms with E-state index in [-0.39, 0.29) is 12.5 Å². The number of benzene rings is 1. The quantitative estimate of drug-likeness (QED) is 0.834. The number of para-hydroxylation sites is 1. The number of carbonyl (C=O) groups is 1. The first-order valence-corrected chi connectivity index (χ1v) is 5.66. The van der Waals surface area contributed by atoms with Crippen LogP contribution in [0.25, 0.3) is 0 Å². The van der Waals surface area contributed by atoms with Crippen molar-refractivity contribution in [3.8, 4) is 11.8 Å². The van der Waals surface area contributed by atoms with Crippen LogP contribution in [0.15, 0.2) is 36.7 Å². The molecule has 0 unspecified atom stereocenters. The first-order chi connectivity index (χ1) is 9.29. The topological polar surface area (TPSA) is 90.8 Å². The SMILES string of the molecule is N#Cc1ccccc1OCC(=O)NCc1cn[nH]c1. The van der Waals surface area contributed by atoms with Crippen molar-refractivity contribution in [3.05, 3.63) is 47.8 Å². The molecule has 6 heteroatoms. The molecule has 96 valence electrons. The number of nitrogens with one attached hydrogen (secondary N) is 2. The molecular weight excluding hydrogens is 244 g/mol. The van der Waals surface area contributed by atoms with Crippen molar-refractivity contribution >= 4 is 5.91 Å². The van der Waals surface area contributed by atoms with E-state index in [1.807, 2.05) is 6.07 Å². The van der Waals surface area contributed by atoms with Gasteiger partial charge in [-0.25, -0.2) is 0 Å². The number of aromatic amines is 1. The maximum absolute atomic E-state index is 11.6. The lowest BCUT2D eigenvalue weighted by atomic mass is 10.2. The number of rotatable bonds is 5. The van der Waals surface area contributed by atoms with E-state index in [0.29, 0.717) is 17.9 Å². The number of H-pyrrole nitrogens is 1. The molecule has 0 atom stereocenters. The zero-order valence-corrected chi connectivity index (χ0v) is 10.1. The summed E-state index contributed by atoms with van der Waals surface area (Å²) in [5, 5.41) is 18.0. The van der Waals surface area contributed by atoms with Crippen LogP contribution >= 0.6 is 0 Å². The molecule has 0 aliphatic heterocycles. The number of amides is 1. The predicted octanol–water partition coefficient (Wildman–Crippen LogP) is 0.977. The minimum Gasteiger partial charge on any atom is -0.482 e. The van der Waals surface area contributed by atoms with Gasteiger partial charge in [0.05, 0.1) is 11.8 Å². The summed E-state index contributed by atoms with van der Waals surface area (Å²) in [6.07, 6.45) is 3.33. The van der Waals surface area contributed by atoms with Gasteiger partial charge in [0.25, 0.3) is 5.91 Å². The molecule has 1 heterocycles. The van der Waals surface area contributed by atoms with E-state index in [9.17, 15) is 4.79 Å². The van der Waals surface area contributed by atoms with Gasteiger partial charge in [-0.2, -0.15) is 10.4 Å². The van der Waals surface area contributed by atoms with Crippen molar-refractivity contribution in [1.82, 2.24) is 15.5 Å². The molecule has 0 radical (unpaired) electrons. The third kappa shape index (κ3) is 3.57. The minimum absolute atomic E-state index is 0.128. The molecule has 1 amide bonds. The second-order valence-corrected chi connectivity index (χ2v) is 3.78. The van der Waals surface area contributed by atoms with Gasteiger partial charge in [-0.05, 0) is 12.1 Å². The van der Waals surface area contributed by atoms with Crippen molar-refractivity contribution in [1.29, 1.82) is 5.26 Å². The minimum atomic E-state index is -0.256. The normalized spacial score (nSPS) is 9.63. The highest BCUT2D eigenvalue weighted by Gasteiger charge is 2.06. The molecule has 2 rings (SSSR count). The Hall–Kier alpha value is -2.81. The lowest BCUT2D eigenvalue weighted by Crippen LogP contribution is -2.28. The predicted molar refractivity (Wildman–Crippen MR) is 67.1 cm³/mol. The number of nitriles is 1. The van der Waals surface area contributed by atoms with Crippen LogP contribution < -0.4 is 10.1 Å². The Labute approximate surface area is 110 Å². The largest absolute Gasteiger partial charge is 0.482 e. The lowest BCUT2D eigenvalue weighted by Gasteiger charge is -2.07. The van der Waals surface area contributed by atoms with Crippen LogP contribution in [0, 0.1) is 11.3 Å². The third-order valence-corrected chi connectivity index (χ3v) is 2.41. The Morgan fingerprint density at radius 2 is 2.32 bits per heavy atom. The van der Waals surface area contributed by atoms with Gasteiger partial charge in [0.2, 0.25) is 0 Å². The van der Waals surface area contributed by atoms with Gasteiger partial charge in [-0.3, -0.25) is 9.89 Å². The van der Waals surface area contributed by atoms with Crippen molar-refractivity contribution in [2.75, 3.05) is 6.61 Å². The van der Waals surface area contributed by atoms with E-state index in [1.54, 1.807) is 36.7 Å². The lowest BCUT2D eigenvalue weighted by molar-refractivity contribution is -0.123. The highest BCUT2D eigenvalue weighted by atomic mass is 16.5. The highest BCUT2D eigenvalue weighted by Crippen LogP contribution is 2.16. The number of nitrogens with zero attached hydrogens (tertiary/aromatic N) is 2. The maximum atomic E-state index is 11.6. The zero-order chi connectivity index (χ0) is 13.5. The van der Waals surface area contributed by atoms with Crippen LogP contribution in [-0.4, -0.2) is 22.7 Å². The molecular formula is C13H12N4O2. The summed E-state index contributed by atoms with van der Waals surface area (Å²) in [5.41, 5.74) is 1.29. The first kappa shape index (κ1) is 12.6. The molecule has 6 nitrogen and oxygen atoms in total.